The molecule has 3 aliphatic rings. The lowest BCUT2D eigenvalue weighted by Gasteiger charge is -2.43. The lowest BCUT2D eigenvalue weighted by molar-refractivity contribution is -0.138. The average Bonchev–Trinajstić information content (AvgIpc) is 3.36. The van der Waals surface area contributed by atoms with Gasteiger partial charge in [-0.3, -0.25) is 14.5 Å². The second-order valence-corrected chi connectivity index (χ2v) is 9.86. The van der Waals surface area contributed by atoms with Gasteiger partial charge in [0, 0.05) is 7.05 Å². The Bertz CT molecular complexity index is 982. The predicted molar refractivity (Wildman–Crippen MR) is 129 cm³/mol. The van der Waals surface area contributed by atoms with E-state index < -0.39 is 7.12 Å². The van der Waals surface area contributed by atoms with Crippen molar-refractivity contribution in [3.63, 3.8) is 0 Å². The minimum absolute atomic E-state index is 0.0888. The summed E-state index contributed by atoms with van der Waals surface area (Å²) in [5.74, 6) is 0.203. The van der Waals surface area contributed by atoms with E-state index in [4.69, 9.17) is 9.07 Å². The minimum Gasteiger partial charge on any atom is -0.459 e. The number of likely N-dealkylation sites (tertiary alicyclic amines) is 1. The number of aliphatic hydroxyl groups is 1. The first-order valence-electron chi connectivity index (χ1n) is 12.6. The third-order valence-corrected chi connectivity index (χ3v) is 7.56. The highest BCUT2D eigenvalue weighted by atomic mass is 16.5. The molecule has 0 saturated carbocycles. The molecule has 1 aliphatic carbocycles. The molecule has 1 aromatic heterocycles. The van der Waals surface area contributed by atoms with Crippen molar-refractivity contribution in [2.45, 2.75) is 77.8 Å². The zero-order valence-corrected chi connectivity index (χ0v) is 20.5. The molecule has 0 radical (unpaired) electrons. The summed E-state index contributed by atoms with van der Waals surface area (Å²) >= 11 is 0. The van der Waals surface area contributed by atoms with Gasteiger partial charge in [-0.1, -0.05) is 37.8 Å². The summed E-state index contributed by atoms with van der Waals surface area (Å²) in [7, 11) is 0.638. The van der Waals surface area contributed by atoms with E-state index in [9.17, 15) is 19.7 Å². The Labute approximate surface area is 202 Å². The Morgan fingerprint density at radius 3 is 2.65 bits per heavy atom. The first-order valence-corrected chi connectivity index (χ1v) is 12.6. The van der Waals surface area contributed by atoms with Gasteiger partial charge >= 0.3 is 7.12 Å². The minimum atomic E-state index is -0.940. The normalized spacial score (nSPS) is 27.5. The summed E-state index contributed by atoms with van der Waals surface area (Å²) in [5, 5.41) is 19.9. The number of aliphatic hydroxyl groups excluding tert-OH is 1. The number of hydrogen-bond acceptors (Lipinski definition) is 6. The van der Waals surface area contributed by atoms with E-state index in [1.807, 2.05) is 12.1 Å². The van der Waals surface area contributed by atoms with E-state index in [1.165, 1.54) is 16.0 Å². The Morgan fingerprint density at radius 1 is 1.18 bits per heavy atom. The van der Waals surface area contributed by atoms with Crippen molar-refractivity contribution in [1.29, 1.82) is 0 Å². The van der Waals surface area contributed by atoms with Crippen LogP contribution in [0.3, 0.4) is 0 Å². The predicted octanol–water partition coefficient (Wildman–Crippen LogP) is 3.96. The van der Waals surface area contributed by atoms with Gasteiger partial charge in [0.2, 0.25) is 11.8 Å². The summed E-state index contributed by atoms with van der Waals surface area (Å²) in [6.07, 6.45) is 7.96. The first kappa shape index (κ1) is 25.0. The Morgan fingerprint density at radius 2 is 1.97 bits per heavy atom. The molecule has 2 saturated heterocycles. The van der Waals surface area contributed by atoms with Gasteiger partial charge in [-0.15, -0.1) is 0 Å². The van der Waals surface area contributed by atoms with Crippen molar-refractivity contribution in [2.24, 2.45) is 17.8 Å². The Hall–Kier alpha value is -2.16. The van der Waals surface area contributed by atoms with Gasteiger partial charge in [0.25, 0.3) is 0 Å². The molecule has 1 aromatic rings. The van der Waals surface area contributed by atoms with Crippen molar-refractivity contribution in [3.05, 3.63) is 40.4 Å². The van der Waals surface area contributed by atoms with Gasteiger partial charge in [-0.2, -0.15) is 0 Å². The van der Waals surface area contributed by atoms with Crippen LogP contribution in [0.4, 0.5) is 0 Å². The SMILES string of the molecule is CCCC1=C2[C@@H](CC/C(=C/c3ccc(CO)o3)CCC)OB(O)C[C@@H]2[C@@H]2C(=O)N(C)C(=O)[C@@H]2C1. The molecule has 0 unspecified atom stereocenters. The highest BCUT2D eigenvalue weighted by Gasteiger charge is 2.56. The van der Waals surface area contributed by atoms with Crippen molar-refractivity contribution < 1.29 is 28.8 Å². The summed E-state index contributed by atoms with van der Waals surface area (Å²) in [5.41, 5.74) is 3.61. The second kappa shape index (κ2) is 10.6. The summed E-state index contributed by atoms with van der Waals surface area (Å²) in [4.78, 5) is 27.0. The van der Waals surface area contributed by atoms with Crippen LogP contribution in [0.5, 0.6) is 0 Å². The smallest absolute Gasteiger partial charge is 0.455 e. The van der Waals surface area contributed by atoms with Gasteiger partial charge in [0.1, 0.15) is 18.1 Å². The molecule has 7 nitrogen and oxygen atoms in total. The highest BCUT2D eigenvalue weighted by Crippen LogP contribution is 2.51. The monoisotopic (exact) mass is 469 g/mol. The second-order valence-electron chi connectivity index (χ2n) is 9.86. The Balaban J connectivity index is 1.60. The van der Waals surface area contributed by atoms with Gasteiger partial charge in [0.15, 0.2) is 0 Å². The van der Waals surface area contributed by atoms with Crippen LogP contribution in [0.2, 0.25) is 6.32 Å². The van der Waals surface area contributed by atoms with Crippen LogP contribution in [0.25, 0.3) is 6.08 Å². The average molecular weight is 469 g/mol. The van der Waals surface area contributed by atoms with Crippen LogP contribution in [0.1, 0.15) is 70.3 Å². The van der Waals surface area contributed by atoms with Crippen LogP contribution in [-0.4, -0.2) is 47.1 Å². The number of amides is 2. The van der Waals surface area contributed by atoms with Crippen LogP contribution < -0.4 is 0 Å². The molecule has 2 amide bonds. The summed E-state index contributed by atoms with van der Waals surface area (Å²) in [6, 6.07) is 3.64. The number of carbonyl (C=O) groups is 2. The third kappa shape index (κ3) is 4.81. The number of rotatable bonds is 9. The number of imide groups is 1. The fourth-order valence-corrected chi connectivity index (χ4v) is 6.13. The number of allylic oxidation sites excluding steroid dienone is 2. The van der Waals surface area contributed by atoms with Crippen molar-refractivity contribution in [2.75, 3.05) is 7.05 Å². The highest BCUT2D eigenvalue weighted by molar-refractivity contribution is 6.43. The van der Waals surface area contributed by atoms with Crippen LogP contribution in [0.15, 0.2) is 33.3 Å². The van der Waals surface area contributed by atoms with E-state index in [-0.39, 0.29) is 42.3 Å². The van der Waals surface area contributed by atoms with E-state index >= 15 is 0 Å². The lowest BCUT2D eigenvalue weighted by Crippen LogP contribution is -2.46. The van der Waals surface area contributed by atoms with Gasteiger partial charge < -0.3 is 19.2 Å². The van der Waals surface area contributed by atoms with Crippen LogP contribution in [0, 0.1) is 17.8 Å². The molecule has 3 heterocycles. The molecule has 0 bridgehead atoms. The molecular weight excluding hydrogens is 433 g/mol. The summed E-state index contributed by atoms with van der Waals surface area (Å²) in [6.45, 7) is 4.13. The van der Waals surface area contributed by atoms with Crippen molar-refractivity contribution in [3.8, 4) is 0 Å². The molecule has 184 valence electrons. The van der Waals surface area contributed by atoms with Gasteiger partial charge in [-0.05, 0) is 68.1 Å². The maximum atomic E-state index is 13.0. The number of carbonyl (C=O) groups excluding carboxylic acids is 2. The lowest BCUT2D eigenvalue weighted by atomic mass is 9.58. The largest absolute Gasteiger partial charge is 0.459 e. The van der Waals surface area contributed by atoms with E-state index in [1.54, 1.807) is 13.1 Å². The fourth-order valence-electron chi connectivity index (χ4n) is 6.13. The van der Waals surface area contributed by atoms with Crippen LogP contribution in [-0.2, 0) is 20.9 Å². The molecule has 4 atom stereocenters. The molecular formula is C26H36BNO6. The zero-order chi connectivity index (χ0) is 24.4. The molecule has 2 N–H and O–H groups in total. The summed E-state index contributed by atoms with van der Waals surface area (Å²) < 4.78 is 11.7. The van der Waals surface area contributed by atoms with E-state index in [2.05, 4.69) is 13.8 Å². The maximum Gasteiger partial charge on any atom is 0.455 e. The number of hydrogen-bond donors (Lipinski definition) is 2. The molecule has 0 aromatic carbocycles. The molecule has 8 heteroatoms. The topological polar surface area (TPSA) is 100 Å². The first-order chi connectivity index (χ1) is 16.4. The number of fused-ring (bicyclic) bond motifs is 3. The van der Waals surface area contributed by atoms with E-state index in [0.717, 1.165) is 43.4 Å². The Kier molecular flexibility index (Phi) is 7.80. The molecule has 2 aliphatic heterocycles. The standard InChI is InChI=1S/C26H36BNO6/c1-4-6-16(12-18-9-10-19(15-29)33-18)8-11-22-23-17(7-5-2)13-20-24(21(23)14-27(32)34-22)26(31)28(3)25(20)30/h9-10,12,20-22,24,29,32H,4-8,11,13-15H2,1-3H3/b16-12+/t20-,21+,22-,24-/m1/s1. The van der Waals surface area contributed by atoms with Gasteiger partial charge in [-0.25, -0.2) is 0 Å². The fraction of sp³-hybridized carbons (Fsp3) is 0.615. The molecule has 2 fully saturated rings. The molecule has 0 spiro atoms. The van der Waals surface area contributed by atoms with Crippen molar-refractivity contribution >= 4 is 25.0 Å². The van der Waals surface area contributed by atoms with E-state index in [0.29, 0.717) is 24.9 Å². The zero-order valence-electron chi connectivity index (χ0n) is 20.5. The maximum absolute atomic E-state index is 13.0. The number of furan rings is 1. The third-order valence-electron chi connectivity index (χ3n) is 7.56. The van der Waals surface area contributed by atoms with Crippen molar-refractivity contribution in [1.82, 2.24) is 4.90 Å². The molecule has 34 heavy (non-hydrogen) atoms. The quantitative estimate of drug-likeness (QED) is 0.323. The molecule has 4 rings (SSSR count). The number of nitrogens with zero attached hydrogens (tertiary/aromatic N) is 1. The van der Waals surface area contributed by atoms with Gasteiger partial charge in [0.05, 0.1) is 17.9 Å². The van der Waals surface area contributed by atoms with Crippen LogP contribution >= 0.6 is 0 Å².